The van der Waals surface area contributed by atoms with Crippen LogP contribution in [0, 0.1) is 5.82 Å². The molecule has 1 fully saturated rings. The van der Waals surface area contributed by atoms with Crippen molar-refractivity contribution < 1.29 is 19.0 Å². The number of nitrogens with zero attached hydrogens (tertiary/aromatic N) is 1. The van der Waals surface area contributed by atoms with Crippen LogP contribution in [0.25, 0.3) is 0 Å². The van der Waals surface area contributed by atoms with Gasteiger partial charge in [0, 0.05) is 24.1 Å². The number of halogens is 2. The van der Waals surface area contributed by atoms with Crippen molar-refractivity contribution >= 4 is 15.9 Å². The zero-order valence-corrected chi connectivity index (χ0v) is 12.1. The van der Waals surface area contributed by atoms with Crippen molar-refractivity contribution in [2.75, 3.05) is 39.5 Å². The van der Waals surface area contributed by atoms with Crippen LogP contribution in [0.15, 0.2) is 22.7 Å². The van der Waals surface area contributed by atoms with Gasteiger partial charge in [-0.05, 0) is 18.2 Å². The molecule has 19 heavy (non-hydrogen) atoms. The molecular weight excluding hydrogens is 317 g/mol. The number of aliphatic hydroxyl groups excluding tert-OH is 1. The maximum Gasteiger partial charge on any atom is 0.165 e. The summed E-state index contributed by atoms with van der Waals surface area (Å²) in [7, 11) is 0. The molecule has 6 heteroatoms. The van der Waals surface area contributed by atoms with E-state index < -0.39 is 11.9 Å². The predicted molar refractivity (Wildman–Crippen MR) is 72.9 cm³/mol. The van der Waals surface area contributed by atoms with E-state index in [1.165, 1.54) is 6.07 Å². The number of ether oxygens (including phenoxy) is 2. The Labute approximate surface area is 120 Å². The van der Waals surface area contributed by atoms with Crippen molar-refractivity contribution in [3.8, 4) is 5.75 Å². The van der Waals surface area contributed by atoms with E-state index in [0.29, 0.717) is 19.8 Å². The molecule has 0 unspecified atom stereocenters. The van der Waals surface area contributed by atoms with Gasteiger partial charge in [-0.1, -0.05) is 15.9 Å². The van der Waals surface area contributed by atoms with Gasteiger partial charge in [-0.2, -0.15) is 0 Å². The number of hydrogen-bond donors (Lipinski definition) is 1. The van der Waals surface area contributed by atoms with E-state index in [2.05, 4.69) is 20.8 Å². The molecule has 2 rings (SSSR count). The minimum Gasteiger partial charge on any atom is -0.488 e. The van der Waals surface area contributed by atoms with E-state index in [-0.39, 0.29) is 12.4 Å². The first-order valence-corrected chi connectivity index (χ1v) is 7.00. The van der Waals surface area contributed by atoms with E-state index >= 15 is 0 Å². The summed E-state index contributed by atoms with van der Waals surface area (Å²) >= 11 is 3.25. The molecule has 1 N–H and O–H groups in total. The normalized spacial score (nSPS) is 18.3. The topological polar surface area (TPSA) is 41.9 Å². The van der Waals surface area contributed by atoms with Crippen molar-refractivity contribution in [2.45, 2.75) is 6.10 Å². The lowest BCUT2D eigenvalue weighted by atomic mass is 10.3. The van der Waals surface area contributed by atoms with Gasteiger partial charge in [0.05, 0.1) is 13.2 Å². The fourth-order valence-electron chi connectivity index (χ4n) is 1.91. The van der Waals surface area contributed by atoms with E-state index in [1.54, 1.807) is 12.1 Å². The predicted octanol–water partition coefficient (Wildman–Crippen LogP) is 1.66. The molecule has 1 aromatic rings. The number of benzene rings is 1. The summed E-state index contributed by atoms with van der Waals surface area (Å²) in [5.41, 5.74) is 0. The highest BCUT2D eigenvalue weighted by Gasteiger charge is 2.16. The molecule has 1 saturated heterocycles. The lowest BCUT2D eigenvalue weighted by Crippen LogP contribution is -2.42. The van der Waals surface area contributed by atoms with Crippen molar-refractivity contribution in [2.24, 2.45) is 0 Å². The van der Waals surface area contributed by atoms with Crippen molar-refractivity contribution in [3.05, 3.63) is 28.5 Å². The highest BCUT2D eigenvalue weighted by atomic mass is 79.9. The SMILES string of the molecule is O[C@@H](COc1cc(Br)ccc1F)CN1CCOCC1. The number of β-amino-alcohol motifs (C(OH)–C–C–N with tert-alkyl or cyclic N) is 1. The van der Waals surface area contributed by atoms with Gasteiger partial charge in [0.15, 0.2) is 11.6 Å². The average Bonchev–Trinajstić information content (AvgIpc) is 2.41. The van der Waals surface area contributed by atoms with Gasteiger partial charge in [0.25, 0.3) is 0 Å². The summed E-state index contributed by atoms with van der Waals surface area (Å²) in [5.74, 6) is -0.280. The van der Waals surface area contributed by atoms with E-state index in [0.717, 1.165) is 17.6 Å². The highest BCUT2D eigenvalue weighted by molar-refractivity contribution is 9.10. The molecule has 106 valence electrons. The Hall–Kier alpha value is -0.690. The van der Waals surface area contributed by atoms with Gasteiger partial charge in [0.1, 0.15) is 12.7 Å². The van der Waals surface area contributed by atoms with Crippen molar-refractivity contribution in [3.63, 3.8) is 0 Å². The van der Waals surface area contributed by atoms with Crippen LogP contribution < -0.4 is 4.74 Å². The van der Waals surface area contributed by atoms with Crippen LogP contribution in [0.3, 0.4) is 0 Å². The first-order valence-electron chi connectivity index (χ1n) is 6.21. The van der Waals surface area contributed by atoms with Crippen LogP contribution >= 0.6 is 15.9 Å². The minimum absolute atomic E-state index is 0.0741. The second-order valence-corrected chi connectivity index (χ2v) is 5.37. The van der Waals surface area contributed by atoms with Crippen LogP contribution in [0.2, 0.25) is 0 Å². The summed E-state index contributed by atoms with van der Waals surface area (Å²) in [6.07, 6.45) is -0.642. The molecule has 1 aromatic carbocycles. The first kappa shape index (κ1) is 14.7. The van der Waals surface area contributed by atoms with Crippen molar-refractivity contribution in [1.82, 2.24) is 4.90 Å². The third kappa shape index (κ3) is 4.72. The fraction of sp³-hybridized carbons (Fsp3) is 0.538. The highest BCUT2D eigenvalue weighted by Crippen LogP contribution is 2.22. The van der Waals surface area contributed by atoms with Crippen LogP contribution in [-0.2, 0) is 4.74 Å². The summed E-state index contributed by atoms with van der Waals surface area (Å²) in [6.45, 7) is 3.58. The van der Waals surface area contributed by atoms with Gasteiger partial charge < -0.3 is 14.6 Å². The smallest absolute Gasteiger partial charge is 0.165 e. The number of aliphatic hydroxyl groups is 1. The zero-order chi connectivity index (χ0) is 13.7. The molecule has 4 nitrogen and oxygen atoms in total. The fourth-order valence-corrected chi connectivity index (χ4v) is 2.25. The molecule has 0 amide bonds. The molecule has 0 aromatic heterocycles. The summed E-state index contributed by atoms with van der Waals surface area (Å²) in [4.78, 5) is 2.11. The van der Waals surface area contributed by atoms with Crippen LogP contribution in [0.4, 0.5) is 4.39 Å². The molecule has 0 radical (unpaired) electrons. The van der Waals surface area contributed by atoms with Gasteiger partial charge in [-0.25, -0.2) is 4.39 Å². The van der Waals surface area contributed by atoms with Crippen LogP contribution in [0.5, 0.6) is 5.75 Å². The van der Waals surface area contributed by atoms with Gasteiger partial charge >= 0.3 is 0 Å². The molecule has 0 saturated carbocycles. The lowest BCUT2D eigenvalue weighted by molar-refractivity contribution is 0.00433. The molecule has 1 atom stereocenters. The molecular formula is C13H17BrFNO3. The molecule has 1 aliphatic heterocycles. The molecule has 0 spiro atoms. The lowest BCUT2D eigenvalue weighted by Gasteiger charge is -2.28. The largest absolute Gasteiger partial charge is 0.488 e. The quantitative estimate of drug-likeness (QED) is 0.889. The summed E-state index contributed by atoms with van der Waals surface area (Å²) in [5, 5.41) is 9.88. The van der Waals surface area contributed by atoms with Gasteiger partial charge in [0.2, 0.25) is 0 Å². The monoisotopic (exact) mass is 333 g/mol. The maximum absolute atomic E-state index is 13.4. The average molecular weight is 334 g/mol. The Balaban J connectivity index is 1.79. The Morgan fingerprint density at radius 2 is 2.16 bits per heavy atom. The summed E-state index contributed by atoms with van der Waals surface area (Å²) in [6, 6.07) is 4.48. The third-order valence-electron chi connectivity index (χ3n) is 2.90. The molecule has 0 bridgehead atoms. The Morgan fingerprint density at radius 3 is 2.89 bits per heavy atom. The van der Waals surface area contributed by atoms with Crippen LogP contribution in [-0.4, -0.2) is 55.6 Å². The summed E-state index contributed by atoms with van der Waals surface area (Å²) < 4.78 is 24.7. The zero-order valence-electron chi connectivity index (χ0n) is 10.5. The molecule has 1 aliphatic rings. The first-order chi connectivity index (χ1) is 9.15. The van der Waals surface area contributed by atoms with E-state index in [9.17, 15) is 9.50 Å². The Bertz CT molecular complexity index is 413. The van der Waals surface area contributed by atoms with E-state index in [1.807, 2.05) is 0 Å². The maximum atomic E-state index is 13.4. The molecule has 1 heterocycles. The molecule has 0 aliphatic carbocycles. The van der Waals surface area contributed by atoms with E-state index in [4.69, 9.17) is 9.47 Å². The number of rotatable bonds is 5. The minimum atomic E-state index is -0.642. The standard InChI is InChI=1S/C13H17BrFNO3/c14-10-1-2-12(15)13(7-10)19-9-11(17)8-16-3-5-18-6-4-16/h1-2,7,11,17H,3-6,8-9H2/t11-/m1/s1. The Kier molecular flexibility index (Phi) is 5.57. The number of morpholine rings is 1. The van der Waals surface area contributed by atoms with Gasteiger partial charge in [-0.15, -0.1) is 0 Å². The second kappa shape index (κ2) is 7.19. The van der Waals surface area contributed by atoms with Crippen molar-refractivity contribution in [1.29, 1.82) is 0 Å². The van der Waals surface area contributed by atoms with Gasteiger partial charge in [-0.3, -0.25) is 4.90 Å². The number of hydrogen-bond acceptors (Lipinski definition) is 4. The van der Waals surface area contributed by atoms with Crippen LogP contribution in [0.1, 0.15) is 0 Å². The third-order valence-corrected chi connectivity index (χ3v) is 3.39. The second-order valence-electron chi connectivity index (χ2n) is 4.45. The Morgan fingerprint density at radius 1 is 1.42 bits per heavy atom.